The standard InChI is InChI=1S/C8H13NO2/c1-4-5-11-6-9-8(10)7(2)3/h4-5H,2,6H2,1,3H3,(H,9,10)/b5-4-. The first-order valence-corrected chi connectivity index (χ1v) is 3.35. The highest BCUT2D eigenvalue weighted by Gasteiger charge is 1.97. The van der Waals surface area contributed by atoms with Gasteiger partial charge in [-0.3, -0.25) is 4.79 Å². The maximum absolute atomic E-state index is 10.8. The summed E-state index contributed by atoms with van der Waals surface area (Å²) >= 11 is 0. The van der Waals surface area contributed by atoms with E-state index in [1.165, 1.54) is 6.26 Å². The van der Waals surface area contributed by atoms with E-state index in [1.807, 2.05) is 6.92 Å². The number of hydrogen-bond acceptors (Lipinski definition) is 2. The molecule has 62 valence electrons. The second-order valence-corrected chi connectivity index (χ2v) is 2.07. The summed E-state index contributed by atoms with van der Waals surface area (Å²) in [6.45, 7) is 7.14. The second kappa shape index (κ2) is 5.53. The van der Waals surface area contributed by atoms with Gasteiger partial charge in [0.1, 0.15) is 0 Å². The molecule has 0 unspecified atom stereocenters. The van der Waals surface area contributed by atoms with Crippen LogP contribution in [0.5, 0.6) is 0 Å². The Morgan fingerprint density at radius 2 is 2.36 bits per heavy atom. The molecule has 11 heavy (non-hydrogen) atoms. The third-order valence-electron chi connectivity index (χ3n) is 0.936. The Morgan fingerprint density at radius 1 is 1.73 bits per heavy atom. The van der Waals surface area contributed by atoms with Crippen molar-refractivity contribution < 1.29 is 9.53 Å². The lowest BCUT2D eigenvalue weighted by atomic mass is 10.3. The van der Waals surface area contributed by atoms with Gasteiger partial charge in [-0.05, 0) is 13.8 Å². The predicted octanol–water partition coefficient (Wildman–Crippen LogP) is 1.19. The molecular formula is C8H13NO2. The van der Waals surface area contributed by atoms with Crippen LogP contribution < -0.4 is 5.32 Å². The van der Waals surface area contributed by atoms with Crippen molar-refractivity contribution in [3.8, 4) is 0 Å². The first-order chi connectivity index (χ1) is 5.18. The highest BCUT2D eigenvalue weighted by Crippen LogP contribution is 1.84. The molecule has 0 fully saturated rings. The zero-order valence-electron chi connectivity index (χ0n) is 6.89. The summed E-state index contributed by atoms with van der Waals surface area (Å²) in [6.07, 6.45) is 3.26. The Balaban J connectivity index is 3.39. The molecule has 3 heteroatoms. The van der Waals surface area contributed by atoms with Crippen molar-refractivity contribution >= 4 is 5.91 Å². The van der Waals surface area contributed by atoms with Crippen LogP contribution in [-0.2, 0) is 9.53 Å². The number of ether oxygens (including phenoxy) is 1. The van der Waals surface area contributed by atoms with Crippen LogP contribution in [-0.4, -0.2) is 12.6 Å². The fourth-order valence-corrected chi connectivity index (χ4v) is 0.402. The van der Waals surface area contributed by atoms with E-state index >= 15 is 0 Å². The maximum Gasteiger partial charge on any atom is 0.248 e. The summed E-state index contributed by atoms with van der Waals surface area (Å²) in [6, 6.07) is 0. The molecule has 1 amide bonds. The van der Waals surface area contributed by atoms with E-state index in [2.05, 4.69) is 11.9 Å². The lowest BCUT2D eigenvalue weighted by Crippen LogP contribution is -2.25. The van der Waals surface area contributed by atoms with Gasteiger partial charge in [-0.1, -0.05) is 12.7 Å². The minimum Gasteiger partial charge on any atom is -0.481 e. The number of rotatable bonds is 4. The summed E-state index contributed by atoms with van der Waals surface area (Å²) < 4.78 is 4.85. The SMILES string of the molecule is C=C(C)C(=O)NCO/C=C\C. The van der Waals surface area contributed by atoms with Gasteiger partial charge < -0.3 is 10.1 Å². The number of nitrogens with one attached hydrogen (secondary N) is 1. The molecule has 0 saturated carbocycles. The molecule has 3 nitrogen and oxygen atoms in total. The Kier molecular flexibility index (Phi) is 4.90. The number of hydrogen-bond donors (Lipinski definition) is 1. The monoisotopic (exact) mass is 155 g/mol. The first kappa shape index (κ1) is 9.75. The van der Waals surface area contributed by atoms with Crippen LogP contribution >= 0.6 is 0 Å². The number of carbonyl (C=O) groups is 1. The van der Waals surface area contributed by atoms with Crippen molar-refractivity contribution in [1.29, 1.82) is 0 Å². The largest absolute Gasteiger partial charge is 0.481 e. The number of amides is 1. The van der Waals surface area contributed by atoms with Gasteiger partial charge in [0.2, 0.25) is 5.91 Å². The Bertz CT molecular complexity index is 173. The van der Waals surface area contributed by atoms with Crippen molar-refractivity contribution in [2.24, 2.45) is 0 Å². The molecular weight excluding hydrogens is 142 g/mol. The van der Waals surface area contributed by atoms with Crippen molar-refractivity contribution in [1.82, 2.24) is 5.32 Å². The van der Waals surface area contributed by atoms with Gasteiger partial charge in [0.05, 0.1) is 6.26 Å². The average molecular weight is 155 g/mol. The zero-order chi connectivity index (χ0) is 8.69. The molecule has 0 atom stereocenters. The van der Waals surface area contributed by atoms with E-state index < -0.39 is 0 Å². The molecule has 0 aliphatic heterocycles. The highest BCUT2D eigenvalue weighted by atomic mass is 16.5. The van der Waals surface area contributed by atoms with Gasteiger partial charge in [-0.25, -0.2) is 0 Å². The van der Waals surface area contributed by atoms with Crippen LogP contribution in [0.2, 0.25) is 0 Å². The Labute approximate surface area is 66.7 Å². The van der Waals surface area contributed by atoms with Gasteiger partial charge >= 0.3 is 0 Å². The van der Waals surface area contributed by atoms with Crippen LogP contribution in [0.3, 0.4) is 0 Å². The second-order valence-electron chi connectivity index (χ2n) is 2.07. The van der Waals surface area contributed by atoms with E-state index in [4.69, 9.17) is 4.74 Å². The molecule has 0 saturated heterocycles. The van der Waals surface area contributed by atoms with Gasteiger partial charge in [-0.2, -0.15) is 0 Å². The normalized spacial score (nSPS) is 9.64. The minimum absolute atomic E-state index is 0.186. The smallest absolute Gasteiger partial charge is 0.248 e. The lowest BCUT2D eigenvalue weighted by molar-refractivity contribution is -0.118. The summed E-state index contributed by atoms with van der Waals surface area (Å²) in [5.41, 5.74) is 0.481. The summed E-state index contributed by atoms with van der Waals surface area (Å²) in [5.74, 6) is -0.186. The first-order valence-electron chi connectivity index (χ1n) is 3.35. The van der Waals surface area contributed by atoms with Crippen molar-refractivity contribution in [2.75, 3.05) is 6.73 Å². The van der Waals surface area contributed by atoms with E-state index in [0.717, 1.165) is 0 Å². The van der Waals surface area contributed by atoms with Crippen LogP contribution in [0.25, 0.3) is 0 Å². The summed E-state index contributed by atoms with van der Waals surface area (Å²) in [7, 11) is 0. The van der Waals surface area contributed by atoms with Gasteiger partial charge in [0.25, 0.3) is 0 Å². The van der Waals surface area contributed by atoms with Crippen molar-refractivity contribution in [3.05, 3.63) is 24.5 Å². The van der Waals surface area contributed by atoms with Crippen LogP contribution in [0.15, 0.2) is 24.5 Å². The molecule has 0 aliphatic carbocycles. The zero-order valence-corrected chi connectivity index (χ0v) is 6.89. The van der Waals surface area contributed by atoms with E-state index in [1.54, 1.807) is 13.0 Å². The van der Waals surface area contributed by atoms with Crippen molar-refractivity contribution in [2.45, 2.75) is 13.8 Å². The van der Waals surface area contributed by atoms with Gasteiger partial charge in [0.15, 0.2) is 6.73 Å². The quantitative estimate of drug-likeness (QED) is 0.286. The molecule has 0 rings (SSSR count). The molecule has 0 spiro atoms. The Morgan fingerprint density at radius 3 is 2.82 bits per heavy atom. The van der Waals surface area contributed by atoms with Gasteiger partial charge in [0, 0.05) is 5.57 Å². The highest BCUT2D eigenvalue weighted by molar-refractivity contribution is 5.91. The topological polar surface area (TPSA) is 38.3 Å². The van der Waals surface area contributed by atoms with E-state index in [-0.39, 0.29) is 12.6 Å². The molecule has 0 aromatic heterocycles. The fourth-order valence-electron chi connectivity index (χ4n) is 0.402. The third kappa shape index (κ3) is 5.21. The van der Waals surface area contributed by atoms with E-state index in [0.29, 0.717) is 5.57 Å². The fraction of sp³-hybridized carbons (Fsp3) is 0.375. The lowest BCUT2D eigenvalue weighted by Gasteiger charge is -2.02. The molecule has 0 aliphatic rings. The third-order valence-corrected chi connectivity index (χ3v) is 0.936. The van der Waals surface area contributed by atoms with E-state index in [9.17, 15) is 4.79 Å². The van der Waals surface area contributed by atoms with Gasteiger partial charge in [-0.15, -0.1) is 0 Å². The van der Waals surface area contributed by atoms with Crippen LogP contribution in [0.1, 0.15) is 13.8 Å². The summed E-state index contributed by atoms with van der Waals surface area (Å²) in [4.78, 5) is 10.8. The minimum atomic E-state index is -0.186. The molecule has 0 bridgehead atoms. The Hall–Kier alpha value is -1.25. The van der Waals surface area contributed by atoms with Crippen LogP contribution in [0, 0.1) is 0 Å². The average Bonchev–Trinajstić information content (AvgIpc) is 1.97. The van der Waals surface area contributed by atoms with Crippen molar-refractivity contribution in [3.63, 3.8) is 0 Å². The number of allylic oxidation sites excluding steroid dienone is 1. The predicted molar refractivity (Wildman–Crippen MR) is 43.7 cm³/mol. The maximum atomic E-state index is 10.8. The molecule has 0 aromatic carbocycles. The molecule has 0 heterocycles. The molecule has 1 N–H and O–H groups in total. The van der Waals surface area contributed by atoms with Crippen LogP contribution in [0.4, 0.5) is 0 Å². The number of carbonyl (C=O) groups excluding carboxylic acids is 1. The molecule has 0 aromatic rings. The summed E-state index contributed by atoms with van der Waals surface area (Å²) in [5, 5.41) is 2.50. The molecule has 0 radical (unpaired) electrons.